The minimum Gasteiger partial charge on any atom is -1.00 e. The van der Waals surface area contributed by atoms with E-state index < -0.39 is 0 Å². The van der Waals surface area contributed by atoms with E-state index >= 15 is 0 Å². The number of hydrogen-bond acceptors (Lipinski definition) is 0. The van der Waals surface area contributed by atoms with E-state index in [1.807, 2.05) is 0 Å². The van der Waals surface area contributed by atoms with Gasteiger partial charge >= 0.3 is 37.7 Å². The van der Waals surface area contributed by atoms with Gasteiger partial charge in [0, 0.05) is 50.3 Å². The van der Waals surface area contributed by atoms with Crippen LogP contribution in [0.1, 0.15) is 2.85 Å². The summed E-state index contributed by atoms with van der Waals surface area (Å²) in [5.41, 5.74) is 0. The van der Waals surface area contributed by atoms with E-state index in [9.17, 15) is 0 Å². The van der Waals surface area contributed by atoms with E-state index in [1.165, 1.54) is 0 Å². The van der Waals surface area contributed by atoms with Gasteiger partial charge in [-0.2, -0.15) is 0 Å². The van der Waals surface area contributed by atoms with Crippen molar-refractivity contribution in [2.45, 2.75) is 0 Å². The molecule has 0 bridgehead atoms. The molecule has 0 aliphatic heterocycles. The van der Waals surface area contributed by atoms with Gasteiger partial charge in [-0.1, -0.05) is 0 Å². The van der Waals surface area contributed by atoms with Gasteiger partial charge < -0.3 is 2.85 Å². The van der Waals surface area contributed by atoms with Crippen molar-refractivity contribution >= 4 is 0 Å². The predicted molar refractivity (Wildman–Crippen MR) is 2.22 cm³/mol. The monoisotopic (exact) mass is 188 g/mol. The normalized spacial score (nSPS) is 0. The Kier molecular flexibility index (Phi) is 281. The predicted octanol–water partition coefficient (Wildman–Crippen LogP) is -5.77. The summed E-state index contributed by atoms with van der Waals surface area (Å²) in [6.45, 7) is 0. The molecule has 30 valence electrons. The van der Waals surface area contributed by atoms with Crippen molar-refractivity contribution in [2.75, 3.05) is 0 Å². The van der Waals surface area contributed by atoms with Crippen molar-refractivity contribution in [3.63, 3.8) is 0 Å². The first-order chi connectivity index (χ1) is 0. The van der Waals surface area contributed by atoms with Gasteiger partial charge in [-0.3, -0.25) is 0 Å². The summed E-state index contributed by atoms with van der Waals surface area (Å²) in [5, 5.41) is 0. The van der Waals surface area contributed by atoms with Crippen molar-refractivity contribution in [2.24, 2.45) is 0 Å². The van der Waals surface area contributed by atoms with Gasteiger partial charge in [0.2, 0.25) is 0 Å². The summed E-state index contributed by atoms with van der Waals surface area (Å²) in [6, 6.07) is 0. The Morgan fingerprint density at radius 1 is 1.00 bits per heavy atom. The molecule has 0 spiro atoms. The molecule has 0 nitrogen and oxygen atoms in total. The van der Waals surface area contributed by atoms with Crippen LogP contribution < -0.4 is 37.7 Å². The molecule has 0 saturated carbocycles. The van der Waals surface area contributed by atoms with Crippen LogP contribution in [-0.4, -0.2) is 0 Å². The average molecular weight is 188 g/mol. The third kappa shape index (κ3) is 20.3. The standard InChI is InChI=1S/Co.2Li.Mn.Ni.2H/q;2*+1;;;2*-1. The van der Waals surface area contributed by atoms with Gasteiger partial charge in [0.25, 0.3) is 0 Å². The molecule has 2 radical (unpaired) electrons. The molecule has 0 aromatic rings. The number of rotatable bonds is 0. The summed E-state index contributed by atoms with van der Waals surface area (Å²) in [4.78, 5) is 0. The van der Waals surface area contributed by atoms with Gasteiger partial charge in [-0.05, 0) is 0 Å². The molecule has 0 aliphatic rings. The fraction of sp³-hybridized carbons (Fsp3) is 0. The first-order valence-corrected chi connectivity index (χ1v) is 0. The van der Waals surface area contributed by atoms with Crippen LogP contribution in [0.25, 0.3) is 0 Å². The maximum atomic E-state index is 0. The van der Waals surface area contributed by atoms with Gasteiger partial charge in [-0.25, -0.2) is 0 Å². The van der Waals surface area contributed by atoms with Crippen molar-refractivity contribution < 1.29 is 90.9 Å². The van der Waals surface area contributed by atoms with Crippen LogP contribution >= 0.6 is 0 Å². The molecule has 0 saturated heterocycles. The minimum atomic E-state index is 0. The molecule has 0 N–H and O–H groups in total. The second-order valence-corrected chi connectivity index (χ2v) is 0. The summed E-state index contributed by atoms with van der Waals surface area (Å²) in [5.74, 6) is 0. The Bertz CT molecular complexity index is 15.7. The van der Waals surface area contributed by atoms with Crippen LogP contribution in [0.2, 0.25) is 0 Å². The molecule has 0 fully saturated rings. The van der Waals surface area contributed by atoms with Crippen LogP contribution in [0.4, 0.5) is 0 Å². The van der Waals surface area contributed by atoms with Crippen LogP contribution in [0, 0.1) is 0 Å². The molecule has 5 heteroatoms. The second kappa shape index (κ2) is 29.8. The molecule has 0 rings (SSSR count). The van der Waals surface area contributed by atoms with E-state index in [4.69, 9.17) is 0 Å². The third-order valence-electron chi connectivity index (χ3n) is 0. The fourth-order valence-electron chi connectivity index (χ4n) is 0. The van der Waals surface area contributed by atoms with Gasteiger partial charge in [-0.15, -0.1) is 0 Å². The molecular formula is H2CoLi2MnNi. The van der Waals surface area contributed by atoms with Gasteiger partial charge in [0.05, 0.1) is 0 Å². The van der Waals surface area contributed by atoms with E-state index in [0.29, 0.717) is 0 Å². The van der Waals surface area contributed by atoms with Gasteiger partial charge in [0.1, 0.15) is 0 Å². The smallest absolute Gasteiger partial charge is 1.00 e. The Balaban J connectivity index is 0. The third-order valence-corrected chi connectivity index (χ3v) is 0. The van der Waals surface area contributed by atoms with E-state index in [1.54, 1.807) is 0 Å². The quantitative estimate of drug-likeness (QED) is 0.333. The second-order valence-electron chi connectivity index (χ2n) is 0. The van der Waals surface area contributed by atoms with E-state index in [2.05, 4.69) is 0 Å². The average Bonchev–Trinajstić information content (AvgIpc) is 0. The Hall–Kier alpha value is 2.71. The maximum absolute atomic E-state index is 0. The molecule has 0 aromatic carbocycles. The summed E-state index contributed by atoms with van der Waals surface area (Å²) in [6.07, 6.45) is 0. The summed E-state index contributed by atoms with van der Waals surface area (Å²) >= 11 is 0. The SMILES string of the molecule is [Co].[H-].[H-].[Li+].[Li+].[Mn].[Ni]. The van der Waals surface area contributed by atoms with Crippen molar-refractivity contribution in [3.05, 3.63) is 0 Å². The first kappa shape index (κ1) is 47.2. The topological polar surface area (TPSA) is 0 Å². The van der Waals surface area contributed by atoms with Crippen molar-refractivity contribution in [3.8, 4) is 0 Å². The summed E-state index contributed by atoms with van der Waals surface area (Å²) < 4.78 is 0. The zero-order chi connectivity index (χ0) is 0. The van der Waals surface area contributed by atoms with Crippen LogP contribution in [0.15, 0.2) is 0 Å². The van der Waals surface area contributed by atoms with Gasteiger partial charge in [0.15, 0.2) is 0 Å². The van der Waals surface area contributed by atoms with Crippen molar-refractivity contribution in [1.29, 1.82) is 0 Å². The van der Waals surface area contributed by atoms with E-state index in [0.717, 1.165) is 0 Å². The summed E-state index contributed by atoms with van der Waals surface area (Å²) in [7, 11) is 0. The maximum Gasteiger partial charge on any atom is 1.00 e. The fourth-order valence-corrected chi connectivity index (χ4v) is 0. The molecular weight excluding hydrogens is 186 g/mol. The van der Waals surface area contributed by atoms with E-state index in [-0.39, 0.29) is 90.9 Å². The molecule has 5 heavy (non-hydrogen) atoms. The minimum absolute atomic E-state index is 0. The molecule has 0 aliphatic carbocycles. The van der Waals surface area contributed by atoms with Crippen LogP contribution in [0.3, 0.4) is 0 Å². The Morgan fingerprint density at radius 3 is 1.00 bits per heavy atom. The first-order valence-electron chi connectivity index (χ1n) is 0. The molecule has 0 amide bonds. The molecule has 0 unspecified atom stereocenters. The molecule has 0 atom stereocenters. The van der Waals surface area contributed by atoms with Crippen molar-refractivity contribution in [1.82, 2.24) is 0 Å². The number of hydrogen-bond donors (Lipinski definition) is 0. The van der Waals surface area contributed by atoms with Crippen LogP contribution in [0.5, 0.6) is 0 Å². The van der Waals surface area contributed by atoms with Crippen LogP contribution in [-0.2, 0) is 50.3 Å². The zero-order valence-corrected chi connectivity index (χ0v) is 6.24. The molecule has 0 heterocycles. The Labute approximate surface area is 89.9 Å². The zero-order valence-electron chi connectivity index (χ0n) is 5.03. The largest absolute Gasteiger partial charge is 1.00 e. The Morgan fingerprint density at radius 2 is 1.00 bits per heavy atom. The molecule has 0 aromatic heterocycles.